The molecule has 2 nitrogen and oxygen atoms in total. The van der Waals surface area contributed by atoms with Crippen molar-refractivity contribution in [2.75, 3.05) is 0 Å². The molecule has 20 heavy (non-hydrogen) atoms. The fourth-order valence-electron chi connectivity index (χ4n) is 1.59. The second-order valence-corrected chi connectivity index (χ2v) is 4.57. The molecular formula is C16H12ClFO2. The summed E-state index contributed by atoms with van der Waals surface area (Å²) in [5.41, 5.74) is 0.734. The van der Waals surface area contributed by atoms with Crippen LogP contribution in [0.2, 0.25) is 5.02 Å². The van der Waals surface area contributed by atoms with E-state index in [9.17, 15) is 9.18 Å². The molecule has 0 aliphatic rings. The Hall–Kier alpha value is -2.13. The van der Waals surface area contributed by atoms with Crippen LogP contribution in [0.1, 0.15) is 12.5 Å². The first-order valence-corrected chi connectivity index (χ1v) is 6.34. The number of ether oxygens (including phenoxy) is 1. The lowest BCUT2D eigenvalue weighted by Crippen LogP contribution is -1.89. The SMILES string of the molecule is CC(=O)/C=C/c1ccccc1Oc1ccc(Cl)c(F)c1. The minimum absolute atomic E-state index is 0.0436. The van der Waals surface area contributed by atoms with Gasteiger partial charge in [-0.3, -0.25) is 4.79 Å². The van der Waals surface area contributed by atoms with Gasteiger partial charge in [0.05, 0.1) is 5.02 Å². The molecule has 0 heterocycles. The lowest BCUT2D eigenvalue weighted by Gasteiger charge is -2.09. The van der Waals surface area contributed by atoms with Crippen molar-refractivity contribution in [2.45, 2.75) is 6.92 Å². The van der Waals surface area contributed by atoms with Crippen LogP contribution in [0.5, 0.6) is 11.5 Å². The fraction of sp³-hybridized carbons (Fsp3) is 0.0625. The van der Waals surface area contributed by atoms with Crippen LogP contribution in [0, 0.1) is 5.82 Å². The van der Waals surface area contributed by atoms with Gasteiger partial charge in [-0.25, -0.2) is 4.39 Å². The first kappa shape index (κ1) is 14.3. The Morgan fingerprint density at radius 2 is 2.00 bits per heavy atom. The highest BCUT2D eigenvalue weighted by Crippen LogP contribution is 2.28. The van der Waals surface area contributed by atoms with Crippen molar-refractivity contribution < 1.29 is 13.9 Å². The molecule has 0 aromatic heterocycles. The molecule has 2 aromatic carbocycles. The summed E-state index contributed by atoms with van der Waals surface area (Å²) in [4.78, 5) is 11.0. The Kier molecular flexibility index (Phi) is 4.53. The zero-order valence-electron chi connectivity index (χ0n) is 10.8. The van der Waals surface area contributed by atoms with Gasteiger partial charge in [-0.2, -0.15) is 0 Å². The minimum atomic E-state index is -0.541. The maximum absolute atomic E-state index is 13.4. The maximum Gasteiger partial charge on any atom is 0.152 e. The molecule has 0 saturated heterocycles. The van der Waals surface area contributed by atoms with E-state index >= 15 is 0 Å². The number of allylic oxidation sites excluding steroid dienone is 1. The second kappa shape index (κ2) is 6.35. The zero-order valence-corrected chi connectivity index (χ0v) is 11.5. The first-order valence-electron chi connectivity index (χ1n) is 5.97. The Bertz CT molecular complexity index is 665. The van der Waals surface area contributed by atoms with Gasteiger partial charge in [0.25, 0.3) is 0 Å². The van der Waals surface area contributed by atoms with Crippen molar-refractivity contribution in [3.05, 3.63) is 64.9 Å². The molecule has 102 valence electrons. The lowest BCUT2D eigenvalue weighted by atomic mass is 10.1. The van der Waals surface area contributed by atoms with E-state index in [0.29, 0.717) is 11.5 Å². The number of hydrogen-bond donors (Lipinski definition) is 0. The van der Waals surface area contributed by atoms with E-state index in [-0.39, 0.29) is 10.8 Å². The summed E-state index contributed by atoms with van der Waals surface area (Å²) in [7, 11) is 0. The highest BCUT2D eigenvalue weighted by Gasteiger charge is 2.05. The van der Waals surface area contributed by atoms with Crippen molar-refractivity contribution in [1.82, 2.24) is 0 Å². The van der Waals surface area contributed by atoms with Crippen molar-refractivity contribution in [2.24, 2.45) is 0 Å². The van der Waals surface area contributed by atoms with Crippen LogP contribution in [0.4, 0.5) is 4.39 Å². The Morgan fingerprint density at radius 3 is 2.70 bits per heavy atom. The first-order chi connectivity index (χ1) is 9.56. The van der Waals surface area contributed by atoms with E-state index in [1.807, 2.05) is 6.07 Å². The molecule has 0 atom stereocenters. The molecule has 0 N–H and O–H groups in total. The van der Waals surface area contributed by atoms with E-state index in [4.69, 9.17) is 16.3 Å². The normalized spacial score (nSPS) is 10.8. The molecule has 0 amide bonds. The summed E-state index contributed by atoms with van der Waals surface area (Å²) in [5.74, 6) is 0.278. The van der Waals surface area contributed by atoms with Gasteiger partial charge < -0.3 is 4.74 Å². The number of ketones is 1. The predicted molar refractivity (Wildman–Crippen MR) is 77.6 cm³/mol. The number of halogens is 2. The van der Waals surface area contributed by atoms with Crippen molar-refractivity contribution in [3.63, 3.8) is 0 Å². The zero-order chi connectivity index (χ0) is 14.5. The molecule has 0 spiro atoms. The van der Waals surface area contributed by atoms with Gasteiger partial charge in [-0.05, 0) is 37.3 Å². The second-order valence-electron chi connectivity index (χ2n) is 4.16. The standard InChI is InChI=1S/C16H12ClFO2/c1-11(19)6-7-12-4-2-3-5-16(12)20-13-8-9-14(17)15(18)10-13/h2-10H,1H3/b7-6+. The fourth-order valence-corrected chi connectivity index (χ4v) is 1.70. The number of carbonyl (C=O) groups is 1. The van der Waals surface area contributed by atoms with Crippen LogP contribution >= 0.6 is 11.6 Å². The largest absolute Gasteiger partial charge is 0.457 e. The molecule has 0 radical (unpaired) electrons. The third-order valence-electron chi connectivity index (χ3n) is 2.54. The molecule has 4 heteroatoms. The number of rotatable bonds is 4. The number of hydrogen-bond acceptors (Lipinski definition) is 2. The average molecular weight is 291 g/mol. The van der Waals surface area contributed by atoms with Crippen molar-refractivity contribution in [3.8, 4) is 11.5 Å². The van der Waals surface area contributed by atoms with Gasteiger partial charge in [0, 0.05) is 11.6 Å². The van der Waals surface area contributed by atoms with Crippen LogP contribution in [0.3, 0.4) is 0 Å². The summed E-state index contributed by atoms with van der Waals surface area (Å²) < 4.78 is 19.0. The smallest absolute Gasteiger partial charge is 0.152 e. The molecule has 2 rings (SSSR count). The number of carbonyl (C=O) groups excluding carboxylic acids is 1. The van der Waals surface area contributed by atoms with Crippen LogP contribution in [-0.4, -0.2) is 5.78 Å². The van der Waals surface area contributed by atoms with E-state index in [2.05, 4.69) is 0 Å². The summed E-state index contributed by atoms with van der Waals surface area (Å²) in [6, 6.07) is 11.4. The Labute approximate surface area is 121 Å². The van der Waals surface area contributed by atoms with Gasteiger partial charge in [-0.15, -0.1) is 0 Å². The summed E-state index contributed by atoms with van der Waals surface area (Å²) in [6.07, 6.45) is 3.11. The summed E-state index contributed by atoms with van der Waals surface area (Å²) >= 11 is 5.62. The monoisotopic (exact) mass is 290 g/mol. The van der Waals surface area contributed by atoms with E-state index in [1.54, 1.807) is 30.3 Å². The van der Waals surface area contributed by atoms with E-state index in [0.717, 1.165) is 5.56 Å². The number of benzene rings is 2. The lowest BCUT2D eigenvalue weighted by molar-refractivity contribution is -0.112. The molecule has 0 unspecified atom stereocenters. The third-order valence-corrected chi connectivity index (χ3v) is 2.84. The Morgan fingerprint density at radius 1 is 1.25 bits per heavy atom. The van der Waals surface area contributed by atoms with E-state index < -0.39 is 5.82 Å². The third kappa shape index (κ3) is 3.68. The maximum atomic E-state index is 13.4. The predicted octanol–water partition coefficient (Wildman–Crippen LogP) is 4.87. The summed E-state index contributed by atoms with van der Waals surface area (Å²) in [6.45, 7) is 1.47. The van der Waals surface area contributed by atoms with Gasteiger partial charge in [0.1, 0.15) is 17.3 Å². The van der Waals surface area contributed by atoms with Crippen LogP contribution < -0.4 is 4.74 Å². The minimum Gasteiger partial charge on any atom is -0.457 e. The van der Waals surface area contributed by atoms with E-state index in [1.165, 1.54) is 25.1 Å². The molecule has 0 bridgehead atoms. The molecule has 0 aliphatic carbocycles. The molecular weight excluding hydrogens is 279 g/mol. The van der Waals surface area contributed by atoms with Gasteiger partial charge in [0.15, 0.2) is 5.78 Å². The highest BCUT2D eigenvalue weighted by atomic mass is 35.5. The van der Waals surface area contributed by atoms with Crippen molar-refractivity contribution >= 4 is 23.5 Å². The molecule has 2 aromatic rings. The molecule has 0 aliphatic heterocycles. The quantitative estimate of drug-likeness (QED) is 0.751. The average Bonchev–Trinajstić information content (AvgIpc) is 2.42. The van der Waals surface area contributed by atoms with Crippen LogP contribution in [-0.2, 0) is 4.79 Å². The van der Waals surface area contributed by atoms with Crippen LogP contribution in [0.25, 0.3) is 6.08 Å². The highest BCUT2D eigenvalue weighted by molar-refractivity contribution is 6.30. The van der Waals surface area contributed by atoms with Crippen LogP contribution in [0.15, 0.2) is 48.5 Å². The molecule has 0 saturated carbocycles. The topological polar surface area (TPSA) is 26.3 Å². The van der Waals surface area contributed by atoms with Crippen molar-refractivity contribution in [1.29, 1.82) is 0 Å². The molecule has 0 fully saturated rings. The van der Waals surface area contributed by atoms with Gasteiger partial charge >= 0.3 is 0 Å². The Balaban J connectivity index is 2.29. The van der Waals surface area contributed by atoms with Gasteiger partial charge in [0.2, 0.25) is 0 Å². The summed E-state index contributed by atoms with van der Waals surface area (Å²) in [5, 5.41) is 0.0436. The number of para-hydroxylation sites is 1. The van der Waals surface area contributed by atoms with Gasteiger partial charge in [-0.1, -0.05) is 29.8 Å².